The van der Waals surface area contributed by atoms with Gasteiger partial charge in [-0.3, -0.25) is 4.79 Å². The molecule has 0 radical (unpaired) electrons. The lowest BCUT2D eigenvalue weighted by atomic mass is 10.2. The van der Waals surface area contributed by atoms with Gasteiger partial charge in [-0.2, -0.15) is 0 Å². The van der Waals surface area contributed by atoms with Crippen molar-refractivity contribution in [2.75, 3.05) is 25.0 Å². The van der Waals surface area contributed by atoms with E-state index in [-0.39, 0.29) is 5.91 Å². The van der Waals surface area contributed by atoms with Gasteiger partial charge in [-0.05, 0) is 43.1 Å². The molecule has 1 aromatic rings. The molecule has 0 aliphatic carbocycles. The van der Waals surface area contributed by atoms with Crippen LogP contribution in [0.25, 0.3) is 0 Å². The van der Waals surface area contributed by atoms with E-state index in [4.69, 9.17) is 18.0 Å². The summed E-state index contributed by atoms with van der Waals surface area (Å²) in [6.07, 6.45) is 1.77. The highest BCUT2D eigenvalue weighted by atomic mass is 32.1. The number of hydrogen-bond donors (Lipinski definition) is 2. The number of nitrogens with two attached hydrogens (primary N) is 1. The molecule has 0 saturated carbocycles. The van der Waals surface area contributed by atoms with Crippen molar-refractivity contribution in [2.24, 2.45) is 11.7 Å². The molecule has 1 fully saturated rings. The molecule has 1 aromatic carbocycles. The van der Waals surface area contributed by atoms with Gasteiger partial charge < -0.3 is 16.0 Å². The molecule has 0 bridgehead atoms. The fraction of sp³-hybridized carbons (Fsp3) is 0.467. The summed E-state index contributed by atoms with van der Waals surface area (Å²) in [7, 11) is 0. The summed E-state index contributed by atoms with van der Waals surface area (Å²) in [6, 6.07) is 7.29. The van der Waals surface area contributed by atoms with Crippen LogP contribution in [-0.4, -0.2) is 35.4 Å². The van der Waals surface area contributed by atoms with Crippen LogP contribution in [0.5, 0.6) is 0 Å². The number of nitrogens with zero attached hydrogens (tertiary/aromatic N) is 1. The normalized spacial score (nSPS) is 18.9. The first kappa shape index (κ1) is 14.9. The molecule has 1 saturated heterocycles. The molecule has 1 amide bonds. The van der Waals surface area contributed by atoms with E-state index in [9.17, 15) is 4.79 Å². The van der Waals surface area contributed by atoms with Crippen molar-refractivity contribution < 1.29 is 4.79 Å². The minimum absolute atomic E-state index is 0.0487. The minimum Gasteiger partial charge on any atom is -0.389 e. The van der Waals surface area contributed by atoms with Crippen LogP contribution in [0.15, 0.2) is 24.3 Å². The second-order valence-corrected chi connectivity index (χ2v) is 5.87. The molecule has 20 heavy (non-hydrogen) atoms. The van der Waals surface area contributed by atoms with E-state index in [0.717, 1.165) is 36.8 Å². The van der Waals surface area contributed by atoms with Crippen molar-refractivity contribution in [1.29, 1.82) is 0 Å². The van der Waals surface area contributed by atoms with Gasteiger partial charge in [0.05, 0.1) is 0 Å². The number of likely N-dealkylation sites (tertiary alicyclic amines) is 1. The Morgan fingerprint density at radius 3 is 2.70 bits per heavy atom. The molecule has 4 nitrogen and oxygen atoms in total. The number of hydrogen-bond acceptors (Lipinski definition) is 3. The lowest BCUT2D eigenvalue weighted by Crippen LogP contribution is -2.25. The second kappa shape index (κ2) is 6.81. The van der Waals surface area contributed by atoms with E-state index in [1.165, 1.54) is 6.42 Å². The number of nitrogens with one attached hydrogen (secondary N) is 1. The van der Waals surface area contributed by atoms with Crippen molar-refractivity contribution in [2.45, 2.75) is 19.8 Å². The molecule has 0 spiro atoms. The monoisotopic (exact) mass is 291 g/mol. The maximum atomic E-state index is 11.9. The van der Waals surface area contributed by atoms with Gasteiger partial charge in [-0.15, -0.1) is 0 Å². The predicted octanol–water partition coefficient (Wildman–Crippen LogP) is 1.99. The summed E-state index contributed by atoms with van der Waals surface area (Å²) in [5, 5.41) is 2.89. The van der Waals surface area contributed by atoms with Crippen LogP contribution >= 0.6 is 12.2 Å². The Hall–Kier alpha value is -1.46. The maximum Gasteiger partial charge on any atom is 0.225 e. The fourth-order valence-electron chi connectivity index (χ4n) is 2.43. The third-order valence-electron chi connectivity index (χ3n) is 3.62. The van der Waals surface area contributed by atoms with Gasteiger partial charge in [-0.1, -0.05) is 19.1 Å². The zero-order valence-corrected chi connectivity index (χ0v) is 12.6. The van der Waals surface area contributed by atoms with Gasteiger partial charge in [-0.25, -0.2) is 0 Å². The molecule has 1 heterocycles. The molecule has 3 N–H and O–H groups in total. The van der Waals surface area contributed by atoms with E-state index in [0.29, 0.717) is 11.4 Å². The number of rotatable bonds is 5. The highest BCUT2D eigenvalue weighted by Crippen LogP contribution is 2.15. The van der Waals surface area contributed by atoms with Gasteiger partial charge in [0.2, 0.25) is 5.91 Å². The van der Waals surface area contributed by atoms with Crippen molar-refractivity contribution in [3.8, 4) is 0 Å². The van der Waals surface area contributed by atoms with Crippen LogP contribution in [0.1, 0.15) is 25.3 Å². The number of anilines is 1. The Kier molecular flexibility index (Phi) is 5.09. The van der Waals surface area contributed by atoms with Gasteiger partial charge in [0.25, 0.3) is 0 Å². The second-order valence-electron chi connectivity index (χ2n) is 5.43. The van der Waals surface area contributed by atoms with E-state index in [2.05, 4.69) is 17.1 Å². The van der Waals surface area contributed by atoms with Crippen LogP contribution in [0, 0.1) is 5.92 Å². The molecular formula is C15H21N3OS. The minimum atomic E-state index is 0.0487. The topological polar surface area (TPSA) is 58.4 Å². The lowest BCUT2D eigenvalue weighted by molar-refractivity contribution is -0.116. The maximum absolute atomic E-state index is 11.9. The van der Waals surface area contributed by atoms with Crippen LogP contribution in [0.3, 0.4) is 0 Å². The van der Waals surface area contributed by atoms with Gasteiger partial charge in [0.15, 0.2) is 0 Å². The number of carbonyl (C=O) groups is 1. The van der Waals surface area contributed by atoms with Crippen molar-refractivity contribution in [1.82, 2.24) is 4.90 Å². The average Bonchev–Trinajstić information content (AvgIpc) is 2.83. The third-order valence-corrected chi connectivity index (χ3v) is 3.85. The molecule has 1 aliphatic rings. The summed E-state index contributed by atoms with van der Waals surface area (Å²) in [4.78, 5) is 14.6. The third kappa shape index (κ3) is 4.28. The molecule has 5 heteroatoms. The van der Waals surface area contributed by atoms with Crippen LogP contribution in [0.2, 0.25) is 0 Å². The first-order valence-corrected chi connectivity index (χ1v) is 7.37. The fourth-order valence-corrected chi connectivity index (χ4v) is 2.57. The summed E-state index contributed by atoms with van der Waals surface area (Å²) >= 11 is 4.89. The molecule has 1 unspecified atom stereocenters. The Morgan fingerprint density at radius 2 is 2.15 bits per heavy atom. The molecule has 1 aliphatic heterocycles. The predicted molar refractivity (Wildman–Crippen MR) is 85.8 cm³/mol. The average molecular weight is 291 g/mol. The Labute approximate surface area is 125 Å². The van der Waals surface area contributed by atoms with Crippen LogP contribution in [0.4, 0.5) is 5.69 Å². The molecular weight excluding hydrogens is 270 g/mol. The molecule has 108 valence electrons. The van der Waals surface area contributed by atoms with Gasteiger partial charge >= 0.3 is 0 Å². The number of carbonyl (C=O) groups excluding carboxylic acids is 1. The quantitative estimate of drug-likeness (QED) is 0.815. The standard InChI is InChI=1S/C15H21N3OS/c1-11-6-8-18(10-11)9-7-14(19)17-13-4-2-12(3-5-13)15(16)20/h2-5,11H,6-10H2,1H3,(H2,16,20)(H,17,19). The Balaban J connectivity index is 1.77. The SMILES string of the molecule is CC1CCN(CCC(=O)Nc2ccc(C(N)=S)cc2)C1. The zero-order valence-electron chi connectivity index (χ0n) is 11.8. The van der Waals surface area contributed by atoms with Gasteiger partial charge in [0, 0.05) is 30.8 Å². The van der Waals surface area contributed by atoms with E-state index >= 15 is 0 Å². The van der Waals surface area contributed by atoms with Crippen LogP contribution < -0.4 is 11.1 Å². The van der Waals surface area contributed by atoms with Crippen molar-refractivity contribution in [3.05, 3.63) is 29.8 Å². The van der Waals surface area contributed by atoms with Crippen molar-refractivity contribution in [3.63, 3.8) is 0 Å². The highest BCUT2D eigenvalue weighted by molar-refractivity contribution is 7.80. The number of thiocarbonyl (C=S) groups is 1. The first-order chi connectivity index (χ1) is 9.54. The summed E-state index contributed by atoms with van der Waals surface area (Å²) < 4.78 is 0. The van der Waals surface area contributed by atoms with Gasteiger partial charge in [0.1, 0.15) is 4.99 Å². The summed E-state index contributed by atoms with van der Waals surface area (Å²) in [5.74, 6) is 0.804. The number of amides is 1. The van der Waals surface area contributed by atoms with Crippen LogP contribution in [-0.2, 0) is 4.79 Å². The number of benzene rings is 1. The largest absolute Gasteiger partial charge is 0.389 e. The Bertz CT molecular complexity index is 486. The van der Waals surface area contributed by atoms with E-state index in [1.54, 1.807) is 0 Å². The van der Waals surface area contributed by atoms with E-state index < -0.39 is 0 Å². The Morgan fingerprint density at radius 1 is 1.45 bits per heavy atom. The smallest absolute Gasteiger partial charge is 0.225 e. The summed E-state index contributed by atoms with van der Waals surface area (Å²) in [5.41, 5.74) is 7.12. The lowest BCUT2D eigenvalue weighted by Gasteiger charge is -2.14. The molecule has 0 aromatic heterocycles. The van der Waals surface area contributed by atoms with E-state index in [1.807, 2.05) is 24.3 Å². The molecule has 2 rings (SSSR count). The zero-order chi connectivity index (χ0) is 14.5. The first-order valence-electron chi connectivity index (χ1n) is 6.96. The summed E-state index contributed by atoms with van der Waals surface area (Å²) in [6.45, 7) is 5.30. The molecule has 1 atom stereocenters. The highest BCUT2D eigenvalue weighted by Gasteiger charge is 2.18. The van der Waals surface area contributed by atoms with Crippen molar-refractivity contribution >= 4 is 28.8 Å².